The van der Waals surface area contributed by atoms with Gasteiger partial charge in [0.25, 0.3) is 0 Å². The Balaban J connectivity index is 1.72. The van der Waals surface area contributed by atoms with Crippen LogP contribution in [0.15, 0.2) is 152 Å². The number of carbonyl (C=O) groups is 1. The number of carbonyl (C=O) groups excluding carboxylic acids is 1. The number of cyclic esters (lactones) is 1. The lowest BCUT2D eigenvalue weighted by molar-refractivity contribution is 0.0718. The molecule has 0 spiro atoms. The molecule has 41 heavy (non-hydrogen) atoms. The minimum atomic E-state index is -0.338. The molecule has 0 aromatic heterocycles. The molecule has 0 radical (unpaired) electrons. The van der Waals surface area contributed by atoms with Gasteiger partial charge in [0.2, 0.25) is 0 Å². The van der Waals surface area contributed by atoms with E-state index in [-0.39, 0.29) is 5.97 Å². The van der Waals surface area contributed by atoms with Crippen molar-refractivity contribution >= 4 is 17.8 Å². The number of ether oxygens (including phenoxy) is 1. The van der Waals surface area contributed by atoms with E-state index >= 15 is 0 Å². The van der Waals surface area contributed by atoms with Crippen LogP contribution >= 0.6 is 0 Å². The number of fused-ring (bicyclic) bond motifs is 1. The van der Waals surface area contributed by atoms with E-state index < -0.39 is 0 Å². The van der Waals surface area contributed by atoms with E-state index in [2.05, 4.69) is 60.7 Å². The molecule has 2 nitrogen and oxygen atoms in total. The Morgan fingerprint density at radius 3 is 1.07 bits per heavy atom. The molecule has 0 atom stereocenters. The smallest absolute Gasteiger partial charge is 0.344 e. The topological polar surface area (TPSA) is 26.3 Å². The van der Waals surface area contributed by atoms with Gasteiger partial charge in [-0.05, 0) is 45.0 Å². The van der Waals surface area contributed by atoms with Crippen LogP contribution in [0.4, 0.5) is 0 Å². The molecule has 0 bridgehead atoms. The Bertz CT molecular complexity index is 1870. The van der Waals surface area contributed by atoms with Gasteiger partial charge >= 0.3 is 5.97 Å². The first-order valence-electron chi connectivity index (χ1n) is 13.7. The maximum absolute atomic E-state index is 14.0. The van der Waals surface area contributed by atoms with Crippen LogP contribution in [0.2, 0.25) is 0 Å². The van der Waals surface area contributed by atoms with Crippen LogP contribution in [0.1, 0.15) is 21.5 Å². The maximum Gasteiger partial charge on any atom is 0.344 e. The first-order chi connectivity index (χ1) is 20.3. The molecular formula is C39H26O2. The van der Waals surface area contributed by atoms with Gasteiger partial charge in [0.1, 0.15) is 5.76 Å². The summed E-state index contributed by atoms with van der Waals surface area (Å²) in [6.45, 7) is 0. The molecule has 1 aliphatic rings. The fraction of sp³-hybridized carbons (Fsp3) is 0. The van der Waals surface area contributed by atoms with E-state index in [0.717, 1.165) is 55.6 Å². The van der Waals surface area contributed by atoms with E-state index in [4.69, 9.17) is 4.74 Å². The second kappa shape index (κ2) is 10.6. The van der Waals surface area contributed by atoms with Crippen molar-refractivity contribution in [3.05, 3.63) is 168 Å². The highest BCUT2D eigenvalue weighted by Gasteiger charge is 2.37. The van der Waals surface area contributed by atoms with Gasteiger partial charge in [0.05, 0.1) is 5.56 Å². The van der Waals surface area contributed by atoms with Gasteiger partial charge in [-0.1, -0.05) is 152 Å². The largest absolute Gasteiger partial charge is 0.422 e. The van der Waals surface area contributed by atoms with Gasteiger partial charge < -0.3 is 4.74 Å². The summed E-state index contributed by atoms with van der Waals surface area (Å²) in [4.78, 5) is 14.0. The molecule has 194 valence electrons. The zero-order chi connectivity index (χ0) is 27.6. The molecule has 2 heteroatoms. The molecule has 0 saturated carbocycles. The standard InChI is InChI=1S/C39H26O2/c40-39-38-36(31-24-14-5-15-25-31)34(29-20-10-3-11-21-29)33(28-18-8-2-9-19-28)35(30-22-12-4-13-23-30)37(38)32(41-39)26-27-16-6-1-7-17-27/h1-26H/b32-26-. The minimum Gasteiger partial charge on any atom is -0.422 e. The normalized spacial score (nSPS) is 13.2. The van der Waals surface area contributed by atoms with Crippen LogP contribution < -0.4 is 0 Å². The molecule has 0 aliphatic carbocycles. The molecular weight excluding hydrogens is 500 g/mol. The third kappa shape index (κ3) is 4.46. The van der Waals surface area contributed by atoms with Crippen molar-refractivity contribution in [1.29, 1.82) is 0 Å². The number of rotatable bonds is 5. The second-order valence-corrected chi connectivity index (χ2v) is 10.0. The highest BCUT2D eigenvalue weighted by molar-refractivity contribution is 6.19. The van der Waals surface area contributed by atoms with Gasteiger partial charge in [0, 0.05) is 16.7 Å². The van der Waals surface area contributed by atoms with Crippen LogP contribution in [0.5, 0.6) is 0 Å². The van der Waals surface area contributed by atoms with Gasteiger partial charge in [0.15, 0.2) is 0 Å². The molecule has 6 aromatic rings. The van der Waals surface area contributed by atoms with Crippen molar-refractivity contribution in [3.63, 3.8) is 0 Å². The Morgan fingerprint density at radius 1 is 0.366 bits per heavy atom. The van der Waals surface area contributed by atoms with Crippen molar-refractivity contribution in [2.45, 2.75) is 0 Å². The third-order valence-corrected chi connectivity index (χ3v) is 7.50. The fourth-order valence-electron chi connectivity index (χ4n) is 5.78. The number of benzene rings is 6. The van der Waals surface area contributed by atoms with Crippen molar-refractivity contribution in [1.82, 2.24) is 0 Å². The SMILES string of the molecule is O=C1O/C(=C\c2ccccc2)c2c1c(-c1ccccc1)c(-c1ccccc1)c(-c1ccccc1)c2-c1ccccc1. The lowest BCUT2D eigenvalue weighted by atomic mass is 9.77. The number of hydrogen-bond acceptors (Lipinski definition) is 2. The summed E-state index contributed by atoms with van der Waals surface area (Å²) in [5.74, 6) is 0.221. The molecule has 0 fully saturated rings. The number of hydrogen-bond donors (Lipinski definition) is 0. The van der Waals surface area contributed by atoms with Crippen molar-refractivity contribution < 1.29 is 9.53 Å². The van der Waals surface area contributed by atoms with E-state index in [0.29, 0.717) is 11.3 Å². The molecule has 0 unspecified atom stereocenters. The zero-order valence-corrected chi connectivity index (χ0v) is 22.3. The first-order valence-corrected chi connectivity index (χ1v) is 13.7. The molecule has 1 heterocycles. The molecule has 0 saturated heterocycles. The summed E-state index contributed by atoms with van der Waals surface area (Å²) in [6.07, 6.45) is 1.97. The first kappa shape index (κ1) is 24.6. The fourth-order valence-corrected chi connectivity index (χ4v) is 5.78. The lowest BCUT2D eigenvalue weighted by Crippen LogP contribution is -2.04. The molecule has 0 amide bonds. The van der Waals surface area contributed by atoms with Gasteiger partial charge in [-0.3, -0.25) is 0 Å². The van der Waals surface area contributed by atoms with Crippen LogP contribution in [-0.2, 0) is 4.74 Å². The van der Waals surface area contributed by atoms with Crippen LogP contribution in [0, 0.1) is 0 Å². The summed E-state index contributed by atoms with van der Waals surface area (Å²) in [6, 6.07) is 51.4. The highest BCUT2D eigenvalue weighted by atomic mass is 16.5. The van der Waals surface area contributed by atoms with E-state index in [1.54, 1.807) is 0 Å². The quantitative estimate of drug-likeness (QED) is 0.209. The highest BCUT2D eigenvalue weighted by Crippen LogP contribution is 2.53. The summed E-state index contributed by atoms with van der Waals surface area (Å²) in [5, 5.41) is 0. The van der Waals surface area contributed by atoms with E-state index in [1.165, 1.54) is 0 Å². The lowest BCUT2D eigenvalue weighted by Gasteiger charge is -2.24. The van der Waals surface area contributed by atoms with Crippen molar-refractivity contribution in [2.75, 3.05) is 0 Å². The third-order valence-electron chi connectivity index (χ3n) is 7.50. The van der Waals surface area contributed by atoms with Crippen LogP contribution in [0.3, 0.4) is 0 Å². The monoisotopic (exact) mass is 526 g/mol. The van der Waals surface area contributed by atoms with Crippen LogP contribution in [-0.4, -0.2) is 5.97 Å². The van der Waals surface area contributed by atoms with Crippen molar-refractivity contribution in [2.24, 2.45) is 0 Å². The zero-order valence-electron chi connectivity index (χ0n) is 22.3. The molecule has 0 N–H and O–H groups in total. The molecule has 1 aliphatic heterocycles. The van der Waals surface area contributed by atoms with Crippen LogP contribution in [0.25, 0.3) is 56.3 Å². The Morgan fingerprint density at radius 2 is 0.683 bits per heavy atom. The maximum atomic E-state index is 14.0. The molecule has 7 rings (SSSR count). The van der Waals surface area contributed by atoms with Gasteiger partial charge in [-0.25, -0.2) is 4.79 Å². The summed E-state index contributed by atoms with van der Waals surface area (Å²) in [7, 11) is 0. The average molecular weight is 527 g/mol. The predicted octanol–water partition coefficient (Wildman–Crippen LogP) is 10.0. The Kier molecular flexibility index (Phi) is 6.35. The average Bonchev–Trinajstić information content (AvgIpc) is 3.36. The van der Waals surface area contributed by atoms with E-state index in [9.17, 15) is 4.79 Å². The van der Waals surface area contributed by atoms with E-state index in [1.807, 2.05) is 97.1 Å². The number of esters is 1. The molecule has 6 aromatic carbocycles. The Labute approximate surface area is 239 Å². The summed E-state index contributed by atoms with van der Waals surface area (Å²) < 4.78 is 6.16. The van der Waals surface area contributed by atoms with Gasteiger partial charge in [-0.2, -0.15) is 0 Å². The predicted molar refractivity (Wildman–Crippen MR) is 168 cm³/mol. The second-order valence-electron chi connectivity index (χ2n) is 10.0. The van der Waals surface area contributed by atoms with Gasteiger partial charge in [-0.15, -0.1) is 0 Å². The van der Waals surface area contributed by atoms with Crippen molar-refractivity contribution in [3.8, 4) is 44.5 Å². The summed E-state index contributed by atoms with van der Waals surface area (Å²) in [5.41, 5.74) is 10.4. The minimum absolute atomic E-state index is 0.338. The Hall–Kier alpha value is -5.47. The summed E-state index contributed by atoms with van der Waals surface area (Å²) >= 11 is 0.